The van der Waals surface area contributed by atoms with E-state index >= 15 is 0 Å². The molecule has 0 saturated heterocycles. The number of methoxy groups -OCH3 is 1. The molecule has 0 aromatic carbocycles. The Labute approximate surface area is 74.0 Å². The van der Waals surface area contributed by atoms with Gasteiger partial charge in [-0.3, -0.25) is 4.79 Å². The van der Waals surface area contributed by atoms with Gasteiger partial charge in [-0.15, -0.1) is 0 Å². The van der Waals surface area contributed by atoms with E-state index in [0.29, 0.717) is 0 Å². The number of carbonyl (C=O) groups excluding carboxylic acids is 1. The SMILES string of the molecule is C/C=C(/C)C(=O)N(C)C(C)OC. The molecule has 0 aliphatic rings. The van der Waals surface area contributed by atoms with Gasteiger partial charge in [0.25, 0.3) is 5.91 Å². The van der Waals surface area contributed by atoms with Crippen molar-refractivity contribution in [3.05, 3.63) is 11.6 Å². The maximum absolute atomic E-state index is 11.5. The van der Waals surface area contributed by atoms with Gasteiger partial charge in [0.1, 0.15) is 6.23 Å². The maximum Gasteiger partial charge on any atom is 0.250 e. The molecule has 0 saturated carbocycles. The fraction of sp³-hybridized carbons (Fsp3) is 0.667. The summed E-state index contributed by atoms with van der Waals surface area (Å²) in [6.45, 7) is 5.47. The van der Waals surface area contributed by atoms with Crippen LogP contribution >= 0.6 is 0 Å². The predicted octanol–water partition coefficient (Wildman–Crippen LogP) is 1.40. The molecule has 0 N–H and O–H groups in total. The molecule has 12 heavy (non-hydrogen) atoms. The molecule has 0 aliphatic carbocycles. The summed E-state index contributed by atoms with van der Waals surface area (Å²) in [4.78, 5) is 13.0. The zero-order chi connectivity index (χ0) is 9.72. The molecular weight excluding hydrogens is 154 g/mol. The Kier molecular flexibility index (Phi) is 4.59. The standard InChI is InChI=1S/C9H17NO2/c1-6-7(2)9(11)10(4)8(3)12-5/h6,8H,1-5H3/b7-6-. The molecule has 3 heteroatoms. The summed E-state index contributed by atoms with van der Waals surface area (Å²) in [5.74, 6) is 0.00634. The highest BCUT2D eigenvalue weighted by Gasteiger charge is 2.15. The lowest BCUT2D eigenvalue weighted by Gasteiger charge is -2.23. The monoisotopic (exact) mass is 171 g/mol. The fourth-order valence-electron chi connectivity index (χ4n) is 0.725. The third-order valence-electron chi connectivity index (χ3n) is 1.98. The molecule has 1 unspecified atom stereocenters. The lowest BCUT2D eigenvalue weighted by atomic mass is 10.2. The topological polar surface area (TPSA) is 29.5 Å². The van der Waals surface area contributed by atoms with Gasteiger partial charge in [-0.25, -0.2) is 0 Å². The van der Waals surface area contributed by atoms with Crippen LogP contribution in [0.1, 0.15) is 20.8 Å². The van der Waals surface area contributed by atoms with E-state index < -0.39 is 0 Å². The summed E-state index contributed by atoms with van der Waals surface area (Å²) < 4.78 is 5.01. The van der Waals surface area contributed by atoms with Crippen molar-refractivity contribution in [2.75, 3.05) is 14.2 Å². The van der Waals surface area contributed by atoms with Crippen molar-refractivity contribution in [3.63, 3.8) is 0 Å². The summed E-state index contributed by atoms with van der Waals surface area (Å²) in [6.07, 6.45) is 1.62. The highest BCUT2D eigenvalue weighted by molar-refractivity contribution is 5.92. The maximum atomic E-state index is 11.5. The third kappa shape index (κ3) is 2.66. The van der Waals surface area contributed by atoms with Crippen LogP contribution in [0.25, 0.3) is 0 Å². The summed E-state index contributed by atoms with van der Waals surface area (Å²) in [5, 5.41) is 0. The van der Waals surface area contributed by atoms with E-state index in [1.165, 1.54) is 0 Å². The number of nitrogens with zero attached hydrogens (tertiary/aromatic N) is 1. The number of ether oxygens (including phenoxy) is 1. The summed E-state index contributed by atoms with van der Waals surface area (Å²) in [7, 11) is 3.31. The minimum absolute atomic E-state index is 0.00634. The molecule has 0 rings (SSSR count). The van der Waals surface area contributed by atoms with Crippen molar-refractivity contribution < 1.29 is 9.53 Å². The van der Waals surface area contributed by atoms with Crippen LogP contribution in [0, 0.1) is 0 Å². The van der Waals surface area contributed by atoms with Crippen LogP contribution in [0.3, 0.4) is 0 Å². The Hall–Kier alpha value is -0.830. The smallest absolute Gasteiger partial charge is 0.250 e. The third-order valence-corrected chi connectivity index (χ3v) is 1.98. The number of hydrogen-bond acceptors (Lipinski definition) is 2. The Morgan fingerprint density at radius 2 is 2.08 bits per heavy atom. The Bertz CT molecular complexity index is 187. The number of carbonyl (C=O) groups is 1. The van der Waals surface area contributed by atoms with E-state index in [0.717, 1.165) is 5.57 Å². The molecule has 0 aromatic heterocycles. The number of likely N-dealkylation sites (N-methyl/N-ethyl adjacent to an activating group) is 1. The summed E-state index contributed by atoms with van der Waals surface area (Å²) in [5.41, 5.74) is 0.737. The first-order chi connectivity index (χ1) is 5.54. The molecule has 70 valence electrons. The molecule has 0 heterocycles. The molecule has 0 aliphatic heterocycles. The molecule has 0 fully saturated rings. The minimum Gasteiger partial charge on any atom is -0.362 e. The predicted molar refractivity (Wildman–Crippen MR) is 48.7 cm³/mol. The zero-order valence-electron chi connectivity index (χ0n) is 8.42. The second kappa shape index (κ2) is 4.93. The first-order valence-electron chi connectivity index (χ1n) is 3.97. The van der Waals surface area contributed by atoms with Crippen LogP contribution in [0.2, 0.25) is 0 Å². The van der Waals surface area contributed by atoms with Gasteiger partial charge in [0.05, 0.1) is 0 Å². The molecule has 1 amide bonds. The fourth-order valence-corrected chi connectivity index (χ4v) is 0.725. The Balaban J connectivity index is 4.29. The second-order valence-corrected chi connectivity index (χ2v) is 2.72. The molecule has 0 radical (unpaired) electrons. The van der Waals surface area contributed by atoms with E-state index in [1.807, 2.05) is 13.8 Å². The van der Waals surface area contributed by atoms with Crippen LogP contribution in [-0.4, -0.2) is 31.2 Å². The van der Waals surface area contributed by atoms with Crippen LogP contribution in [-0.2, 0) is 9.53 Å². The first-order valence-corrected chi connectivity index (χ1v) is 3.97. The van der Waals surface area contributed by atoms with Gasteiger partial charge in [-0.2, -0.15) is 0 Å². The number of amides is 1. The summed E-state index contributed by atoms with van der Waals surface area (Å²) >= 11 is 0. The quantitative estimate of drug-likeness (QED) is 0.474. The van der Waals surface area contributed by atoms with Crippen molar-refractivity contribution in [3.8, 4) is 0 Å². The Morgan fingerprint density at radius 1 is 1.58 bits per heavy atom. The van der Waals surface area contributed by atoms with Crippen LogP contribution in [0.5, 0.6) is 0 Å². The van der Waals surface area contributed by atoms with Crippen molar-refractivity contribution in [1.29, 1.82) is 0 Å². The van der Waals surface area contributed by atoms with E-state index in [9.17, 15) is 4.79 Å². The van der Waals surface area contributed by atoms with E-state index in [1.54, 1.807) is 32.1 Å². The van der Waals surface area contributed by atoms with Crippen LogP contribution in [0.15, 0.2) is 11.6 Å². The molecule has 1 atom stereocenters. The lowest BCUT2D eigenvalue weighted by Crippen LogP contribution is -2.36. The van der Waals surface area contributed by atoms with E-state index in [-0.39, 0.29) is 12.1 Å². The normalized spacial score (nSPS) is 14.2. The van der Waals surface area contributed by atoms with E-state index in [2.05, 4.69) is 0 Å². The summed E-state index contributed by atoms with van der Waals surface area (Å²) in [6, 6.07) is 0. The first kappa shape index (κ1) is 11.2. The van der Waals surface area contributed by atoms with Crippen LogP contribution in [0.4, 0.5) is 0 Å². The van der Waals surface area contributed by atoms with Gasteiger partial charge in [-0.05, 0) is 20.8 Å². The second-order valence-electron chi connectivity index (χ2n) is 2.72. The van der Waals surface area contributed by atoms with E-state index in [4.69, 9.17) is 4.74 Å². The van der Waals surface area contributed by atoms with Gasteiger partial charge in [0.15, 0.2) is 0 Å². The van der Waals surface area contributed by atoms with Gasteiger partial charge < -0.3 is 9.64 Å². The Morgan fingerprint density at radius 3 is 2.42 bits per heavy atom. The van der Waals surface area contributed by atoms with Crippen LogP contribution < -0.4 is 0 Å². The highest BCUT2D eigenvalue weighted by Crippen LogP contribution is 2.03. The molecule has 0 bridgehead atoms. The minimum atomic E-state index is -0.174. The number of hydrogen-bond donors (Lipinski definition) is 0. The van der Waals surface area contributed by atoms with Gasteiger partial charge in [0.2, 0.25) is 0 Å². The highest BCUT2D eigenvalue weighted by atomic mass is 16.5. The average Bonchev–Trinajstić information content (AvgIpc) is 2.12. The van der Waals surface area contributed by atoms with Crippen molar-refractivity contribution in [2.24, 2.45) is 0 Å². The molecule has 3 nitrogen and oxygen atoms in total. The average molecular weight is 171 g/mol. The number of rotatable bonds is 3. The van der Waals surface area contributed by atoms with Gasteiger partial charge in [0, 0.05) is 19.7 Å². The van der Waals surface area contributed by atoms with Crippen molar-refractivity contribution in [1.82, 2.24) is 4.90 Å². The number of allylic oxidation sites excluding steroid dienone is 1. The van der Waals surface area contributed by atoms with Crippen molar-refractivity contribution >= 4 is 5.91 Å². The largest absolute Gasteiger partial charge is 0.362 e. The van der Waals surface area contributed by atoms with Crippen molar-refractivity contribution in [2.45, 2.75) is 27.0 Å². The molecule has 0 spiro atoms. The molecule has 0 aromatic rings. The molecular formula is C9H17NO2. The zero-order valence-corrected chi connectivity index (χ0v) is 8.42. The van der Waals surface area contributed by atoms with Gasteiger partial charge >= 0.3 is 0 Å². The lowest BCUT2D eigenvalue weighted by molar-refractivity contribution is -0.135. The van der Waals surface area contributed by atoms with Gasteiger partial charge in [-0.1, -0.05) is 6.08 Å².